The molecule has 116 valence electrons. The Hall–Kier alpha value is -2.58. The van der Waals surface area contributed by atoms with Crippen molar-refractivity contribution in [3.05, 3.63) is 34.9 Å². The number of nitrogens with zero attached hydrogens (tertiary/aromatic N) is 2. The molecule has 0 aliphatic heterocycles. The van der Waals surface area contributed by atoms with Gasteiger partial charge in [-0.15, -0.1) is 0 Å². The van der Waals surface area contributed by atoms with Crippen molar-refractivity contribution in [2.45, 2.75) is 0 Å². The van der Waals surface area contributed by atoms with Crippen molar-refractivity contribution >= 4 is 17.6 Å². The standard InChI is InChI=1S/C13H12ClN3O5/c1-19-9-6-10(20-2)17-13(16-9)21-8-5-3-4-7(14)11(8)12(18)22-15/h3-6H,15H2,1-2H3. The van der Waals surface area contributed by atoms with E-state index < -0.39 is 5.97 Å². The largest absolute Gasteiger partial charge is 0.481 e. The summed E-state index contributed by atoms with van der Waals surface area (Å²) in [5, 5.41) is 0.114. The van der Waals surface area contributed by atoms with Crippen molar-refractivity contribution in [3.8, 4) is 23.5 Å². The molecule has 0 radical (unpaired) electrons. The number of benzene rings is 1. The van der Waals surface area contributed by atoms with Crippen LogP contribution in [0.3, 0.4) is 0 Å². The van der Waals surface area contributed by atoms with Gasteiger partial charge in [0.1, 0.15) is 11.3 Å². The van der Waals surface area contributed by atoms with E-state index in [1.165, 1.54) is 32.4 Å². The number of aromatic nitrogens is 2. The number of carbonyl (C=O) groups is 1. The average molecular weight is 326 g/mol. The van der Waals surface area contributed by atoms with Gasteiger partial charge in [0.2, 0.25) is 11.8 Å². The summed E-state index contributed by atoms with van der Waals surface area (Å²) in [5.41, 5.74) is -0.0444. The zero-order chi connectivity index (χ0) is 16.1. The Morgan fingerprint density at radius 1 is 1.18 bits per heavy atom. The molecule has 2 N–H and O–H groups in total. The number of hydrogen-bond donors (Lipinski definition) is 1. The number of hydrogen-bond acceptors (Lipinski definition) is 8. The van der Waals surface area contributed by atoms with E-state index in [-0.39, 0.29) is 34.1 Å². The zero-order valence-electron chi connectivity index (χ0n) is 11.7. The van der Waals surface area contributed by atoms with Gasteiger partial charge in [-0.05, 0) is 12.1 Å². The second-order valence-corrected chi connectivity index (χ2v) is 4.26. The third kappa shape index (κ3) is 3.35. The van der Waals surface area contributed by atoms with Crippen molar-refractivity contribution in [1.29, 1.82) is 0 Å². The molecule has 2 aromatic rings. The predicted octanol–water partition coefficient (Wildman–Crippen LogP) is 1.97. The van der Waals surface area contributed by atoms with Crippen LogP contribution in [0, 0.1) is 0 Å². The SMILES string of the molecule is COc1cc(OC)nc(Oc2cccc(Cl)c2C(=O)ON)n1. The van der Waals surface area contributed by atoms with Gasteiger partial charge in [-0.1, -0.05) is 17.7 Å². The van der Waals surface area contributed by atoms with Crippen molar-refractivity contribution in [2.75, 3.05) is 14.2 Å². The van der Waals surface area contributed by atoms with Crippen molar-refractivity contribution in [1.82, 2.24) is 9.97 Å². The highest BCUT2D eigenvalue weighted by molar-refractivity contribution is 6.34. The first kappa shape index (κ1) is 15.8. The first-order chi connectivity index (χ1) is 10.6. The van der Waals surface area contributed by atoms with Crippen LogP contribution in [0.1, 0.15) is 10.4 Å². The number of carbonyl (C=O) groups excluding carboxylic acids is 1. The minimum absolute atomic E-state index is 0.0444. The third-order valence-electron chi connectivity index (χ3n) is 2.56. The van der Waals surface area contributed by atoms with Crippen LogP contribution in [0.5, 0.6) is 23.5 Å². The van der Waals surface area contributed by atoms with E-state index in [1.807, 2.05) is 0 Å². The summed E-state index contributed by atoms with van der Waals surface area (Å²) < 4.78 is 15.5. The lowest BCUT2D eigenvalue weighted by molar-refractivity contribution is 0.0500. The number of rotatable bonds is 5. The normalized spacial score (nSPS) is 10.0. The number of halogens is 1. The minimum Gasteiger partial charge on any atom is -0.481 e. The zero-order valence-corrected chi connectivity index (χ0v) is 12.5. The maximum atomic E-state index is 11.7. The quantitative estimate of drug-likeness (QED) is 0.832. The monoisotopic (exact) mass is 325 g/mol. The molecule has 8 nitrogen and oxygen atoms in total. The summed E-state index contributed by atoms with van der Waals surface area (Å²) in [4.78, 5) is 23.9. The molecule has 0 saturated heterocycles. The minimum atomic E-state index is -0.851. The molecular weight excluding hydrogens is 314 g/mol. The van der Waals surface area contributed by atoms with Crippen LogP contribution < -0.4 is 20.1 Å². The van der Waals surface area contributed by atoms with E-state index in [0.29, 0.717) is 0 Å². The second-order valence-electron chi connectivity index (χ2n) is 3.86. The van der Waals surface area contributed by atoms with E-state index >= 15 is 0 Å². The lowest BCUT2D eigenvalue weighted by Gasteiger charge is -2.10. The molecular formula is C13H12ClN3O5. The number of nitrogens with two attached hydrogens (primary N) is 1. The molecule has 22 heavy (non-hydrogen) atoms. The van der Waals surface area contributed by atoms with Crippen LogP contribution in [-0.4, -0.2) is 30.2 Å². The van der Waals surface area contributed by atoms with Gasteiger partial charge < -0.3 is 19.0 Å². The maximum Gasteiger partial charge on any atom is 0.361 e. The molecule has 0 aliphatic rings. The highest BCUT2D eigenvalue weighted by atomic mass is 35.5. The van der Waals surface area contributed by atoms with Gasteiger partial charge in [0.25, 0.3) is 0 Å². The third-order valence-corrected chi connectivity index (χ3v) is 2.88. The van der Waals surface area contributed by atoms with Crippen molar-refractivity contribution in [3.63, 3.8) is 0 Å². The van der Waals surface area contributed by atoms with Gasteiger partial charge in [-0.25, -0.2) is 4.79 Å². The Kier molecular flexibility index (Phi) is 4.97. The molecule has 1 aromatic heterocycles. The molecule has 1 aromatic carbocycles. The predicted molar refractivity (Wildman–Crippen MR) is 76.3 cm³/mol. The Bertz CT molecular complexity index is 673. The average Bonchev–Trinajstić information content (AvgIpc) is 2.54. The molecule has 0 saturated carbocycles. The summed E-state index contributed by atoms with van der Waals surface area (Å²) in [7, 11) is 2.87. The van der Waals surface area contributed by atoms with Crippen LogP contribution in [0.4, 0.5) is 0 Å². The van der Waals surface area contributed by atoms with Crippen LogP contribution >= 0.6 is 11.6 Å². The molecule has 0 amide bonds. The summed E-state index contributed by atoms with van der Waals surface area (Å²) in [5.74, 6) is 4.58. The van der Waals surface area contributed by atoms with Gasteiger partial charge in [0.05, 0.1) is 25.3 Å². The topological polar surface area (TPSA) is 106 Å². The molecule has 9 heteroatoms. The molecule has 0 aliphatic carbocycles. The molecule has 2 rings (SSSR count). The fourth-order valence-corrected chi connectivity index (χ4v) is 1.83. The smallest absolute Gasteiger partial charge is 0.361 e. The van der Waals surface area contributed by atoms with E-state index in [1.54, 1.807) is 6.07 Å². The lowest BCUT2D eigenvalue weighted by Crippen LogP contribution is -2.12. The van der Waals surface area contributed by atoms with Crippen LogP contribution in [0.25, 0.3) is 0 Å². The molecule has 0 spiro atoms. The Morgan fingerprint density at radius 2 is 1.82 bits per heavy atom. The maximum absolute atomic E-state index is 11.7. The van der Waals surface area contributed by atoms with Gasteiger partial charge in [0.15, 0.2) is 0 Å². The van der Waals surface area contributed by atoms with E-state index in [0.717, 1.165) is 0 Å². The molecule has 0 fully saturated rings. The van der Waals surface area contributed by atoms with Crippen LogP contribution in [-0.2, 0) is 4.84 Å². The number of methoxy groups -OCH3 is 2. The van der Waals surface area contributed by atoms with E-state index in [9.17, 15) is 4.79 Å². The molecule has 0 bridgehead atoms. The highest BCUT2D eigenvalue weighted by Gasteiger charge is 2.19. The van der Waals surface area contributed by atoms with Crippen molar-refractivity contribution in [2.24, 2.45) is 5.90 Å². The van der Waals surface area contributed by atoms with Gasteiger partial charge >= 0.3 is 12.0 Å². The van der Waals surface area contributed by atoms with Gasteiger partial charge in [0, 0.05) is 0 Å². The molecule has 1 heterocycles. The van der Waals surface area contributed by atoms with E-state index in [4.69, 9.17) is 31.7 Å². The molecule has 0 atom stereocenters. The van der Waals surface area contributed by atoms with Gasteiger partial charge in [-0.2, -0.15) is 15.9 Å². The Labute approximate surface area is 130 Å². The summed E-state index contributed by atoms with van der Waals surface area (Å²) in [6.07, 6.45) is 0. The van der Waals surface area contributed by atoms with Crippen LogP contribution in [0.2, 0.25) is 5.02 Å². The summed E-state index contributed by atoms with van der Waals surface area (Å²) in [6, 6.07) is 5.95. The second kappa shape index (κ2) is 6.92. The lowest BCUT2D eigenvalue weighted by atomic mass is 10.2. The fourth-order valence-electron chi connectivity index (χ4n) is 1.58. The summed E-state index contributed by atoms with van der Waals surface area (Å²) in [6.45, 7) is 0. The van der Waals surface area contributed by atoms with Crippen LogP contribution in [0.15, 0.2) is 24.3 Å². The molecule has 0 unspecified atom stereocenters. The Morgan fingerprint density at radius 3 is 2.36 bits per heavy atom. The Balaban J connectivity index is 2.43. The first-order valence-corrected chi connectivity index (χ1v) is 6.31. The number of ether oxygens (including phenoxy) is 3. The fraction of sp³-hybridized carbons (Fsp3) is 0.154. The highest BCUT2D eigenvalue weighted by Crippen LogP contribution is 2.31. The van der Waals surface area contributed by atoms with Gasteiger partial charge in [-0.3, -0.25) is 0 Å². The summed E-state index contributed by atoms with van der Waals surface area (Å²) >= 11 is 5.96. The van der Waals surface area contributed by atoms with Crippen molar-refractivity contribution < 1.29 is 23.8 Å². The van der Waals surface area contributed by atoms with E-state index in [2.05, 4.69) is 14.8 Å². The first-order valence-electron chi connectivity index (χ1n) is 5.93.